The molecule has 3 nitrogen and oxygen atoms in total. The first kappa shape index (κ1) is 14.4. The predicted molar refractivity (Wildman–Crippen MR) is 77.0 cm³/mol. The van der Waals surface area contributed by atoms with Crippen LogP contribution >= 0.6 is 0 Å². The molecule has 4 heteroatoms. The first-order valence-corrected chi connectivity index (χ1v) is 8.16. The molecule has 0 aromatic heterocycles. The first-order chi connectivity index (χ1) is 9.20. The molecule has 0 N–H and O–H groups in total. The topological polar surface area (TPSA) is 43.4 Å². The van der Waals surface area contributed by atoms with Crippen LogP contribution in [-0.2, 0) is 22.0 Å². The maximum absolute atomic E-state index is 12.1. The number of ketones is 1. The van der Waals surface area contributed by atoms with Crippen LogP contribution < -0.4 is 0 Å². The minimum Gasteiger partial charge on any atom is -0.381 e. The Kier molecular flexibility index (Phi) is 5.28. The number of hydrogen-bond donors (Lipinski definition) is 0. The lowest BCUT2D eigenvalue weighted by Gasteiger charge is -2.21. The van der Waals surface area contributed by atoms with Crippen molar-refractivity contribution in [2.75, 3.05) is 19.0 Å². The number of rotatable bonds is 5. The van der Waals surface area contributed by atoms with Gasteiger partial charge in [0.05, 0.1) is 5.75 Å². The van der Waals surface area contributed by atoms with Gasteiger partial charge >= 0.3 is 0 Å². The van der Waals surface area contributed by atoms with Gasteiger partial charge in [-0.05, 0) is 24.8 Å². The highest BCUT2D eigenvalue weighted by Crippen LogP contribution is 2.15. The van der Waals surface area contributed by atoms with Crippen molar-refractivity contribution in [3.63, 3.8) is 0 Å². The van der Waals surface area contributed by atoms with Crippen molar-refractivity contribution in [1.29, 1.82) is 0 Å². The fourth-order valence-corrected chi connectivity index (χ4v) is 3.57. The SMILES string of the molecule is CCc1ccc(C(=O)CS(=O)C2CCOCC2)cc1. The third kappa shape index (κ3) is 3.98. The summed E-state index contributed by atoms with van der Waals surface area (Å²) in [7, 11) is -1.07. The van der Waals surface area contributed by atoms with Gasteiger partial charge in [-0.25, -0.2) is 0 Å². The summed E-state index contributed by atoms with van der Waals surface area (Å²) < 4.78 is 17.4. The lowest BCUT2D eigenvalue weighted by Crippen LogP contribution is -2.28. The normalized spacial score (nSPS) is 18.2. The molecule has 19 heavy (non-hydrogen) atoms. The van der Waals surface area contributed by atoms with E-state index in [-0.39, 0.29) is 16.8 Å². The molecule has 2 rings (SSSR count). The second-order valence-corrected chi connectivity index (χ2v) is 6.53. The molecule has 1 fully saturated rings. The number of carbonyl (C=O) groups excluding carboxylic acids is 1. The molecule has 0 spiro atoms. The van der Waals surface area contributed by atoms with E-state index in [9.17, 15) is 9.00 Å². The average molecular weight is 280 g/mol. The van der Waals surface area contributed by atoms with E-state index in [0.717, 1.165) is 19.3 Å². The molecule has 0 aliphatic carbocycles. The Bertz CT molecular complexity index is 447. The number of carbonyl (C=O) groups is 1. The molecule has 1 unspecified atom stereocenters. The fraction of sp³-hybridized carbons (Fsp3) is 0.533. The molecule has 1 atom stereocenters. The van der Waals surface area contributed by atoms with Gasteiger partial charge in [-0.1, -0.05) is 31.2 Å². The summed E-state index contributed by atoms with van der Waals surface area (Å²) >= 11 is 0. The largest absolute Gasteiger partial charge is 0.381 e. The van der Waals surface area contributed by atoms with E-state index in [2.05, 4.69) is 6.92 Å². The van der Waals surface area contributed by atoms with Crippen molar-refractivity contribution >= 4 is 16.6 Å². The van der Waals surface area contributed by atoms with E-state index < -0.39 is 10.8 Å². The smallest absolute Gasteiger partial charge is 0.175 e. The molecule has 1 aliphatic heterocycles. The fourth-order valence-electron chi connectivity index (χ4n) is 2.20. The molecular formula is C15H20O3S. The second kappa shape index (κ2) is 6.96. The average Bonchev–Trinajstić information content (AvgIpc) is 2.48. The van der Waals surface area contributed by atoms with E-state index in [1.165, 1.54) is 5.56 Å². The lowest BCUT2D eigenvalue weighted by molar-refractivity contribution is 0.0980. The van der Waals surface area contributed by atoms with Crippen molar-refractivity contribution in [3.05, 3.63) is 35.4 Å². The Labute approximate surface area is 116 Å². The van der Waals surface area contributed by atoms with Gasteiger partial charge in [-0.2, -0.15) is 0 Å². The Morgan fingerprint density at radius 3 is 2.47 bits per heavy atom. The quantitative estimate of drug-likeness (QED) is 0.778. The van der Waals surface area contributed by atoms with Crippen molar-refractivity contribution in [1.82, 2.24) is 0 Å². The summed E-state index contributed by atoms with van der Waals surface area (Å²) in [6, 6.07) is 7.60. The van der Waals surface area contributed by atoms with Crippen LogP contribution in [0, 0.1) is 0 Å². The molecule has 0 radical (unpaired) electrons. The third-order valence-electron chi connectivity index (χ3n) is 3.50. The zero-order valence-electron chi connectivity index (χ0n) is 11.3. The van der Waals surface area contributed by atoms with E-state index in [0.29, 0.717) is 18.8 Å². The molecule has 0 bridgehead atoms. The Hall–Kier alpha value is -1.00. The Morgan fingerprint density at radius 1 is 1.26 bits per heavy atom. The van der Waals surface area contributed by atoms with Gasteiger partial charge in [-0.3, -0.25) is 9.00 Å². The van der Waals surface area contributed by atoms with Gasteiger partial charge in [0.25, 0.3) is 0 Å². The van der Waals surface area contributed by atoms with Crippen LogP contribution in [0.3, 0.4) is 0 Å². The first-order valence-electron chi connectivity index (χ1n) is 6.77. The van der Waals surface area contributed by atoms with Gasteiger partial charge < -0.3 is 4.74 Å². The van der Waals surface area contributed by atoms with Gasteiger partial charge in [0.15, 0.2) is 5.78 Å². The summed E-state index contributed by atoms with van der Waals surface area (Å²) in [6.45, 7) is 3.41. The molecule has 1 aromatic carbocycles. The molecule has 104 valence electrons. The molecule has 1 aliphatic rings. The molecule has 1 heterocycles. The minimum atomic E-state index is -1.07. The van der Waals surface area contributed by atoms with E-state index in [4.69, 9.17) is 4.74 Å². The van der Waals surface area contributed by atoms with Crippen LogP contribution in [0.2, 0.25) is 0 Å². The molecule has 1 saturated heterocycles. The number of Topliss-reactive ketones (excluding diaryl/α,β-unsaturated/α-hetero) is 1. The van der Waals surface area contributed by atoms with E-state index in [1.54, 1.807) is 0 Å². The van der Waals surface area contributed by atoms with Crippen molar-refractivity contribution < 1.29 is 13.7 Å². The van der Waals surface area contributed by atoms with Crippen LogP contribution in [0.15, 0.2) is 24.3 Å². The summed E-state index contributed by atoms with van der Waals surface area (Å²) in [6.07, 6.45) is 2.56. The highest BCUT2D eigenvalue weighted by molar-refractivity contribution is 7.86. The summed E-state index contributed by atoms with van der Waals surface area (Å²) in [4.78, 5) is 12.1. The lowest BCUT2D eigenvalue weighted by atomic mass is 10.1. The highest BCUT2D eigenvalue weighted by Gasteiger charge is 2.22. The highest BCUT2D eigenvalue weighted by atomic mass is 32.2. The number of aryl methyl sites for hydroxylation is 1. The summed E-state index contributed by atoms with van der Waals surface area (Å²) in [5.41, 5.74) is 1.87. The van der Waals surface area contributed by atoms with Crippen LogP contribution in [0.4, 0.5) is 0 Å². The van der Waals surface area contributed by atoms with Gasteiger partial charge in [0.1, 0.15) is 0 Å². The van der Waals surface area contributed by atoms with E-state index in [1.807, 2.05) is 24.3 Å². The molecule has 0 saturated carbocycles. The van der Waals surface area contributed by atoms with Gasteiger partial charge in [0.2, 0.25) is 0 Å². The number of ether oxygens (including phenoxy) is 1. The number of hydrogen-bond acceptors (Lipinski definition) is 3. The molecule has 0 amide bonds. The van der Waals surface area contributed by atoms with Crippen LogP contribution in [0.1, 0.15) is 35.7 Å². The number of benzene rings is 1. The van der Waals surface area contributed by atoms with Crippen LogP contribution in [-0.4, -0.2) is 34.2 Å². The van der Waals surface area contributed by atoms with Gasteiger partial charge in [-0.15, -0.1) is 0 Å². The third-order valence-corrected chi connectivity index (χ3v) is 5.26. The van der Waals surface area contributed by atoms with Crippen molar-refractivity contribution in [2.45, 2.75) is 31.4 Å². The standard InChI is InChI=1S/C15H20O3S/c1-2-12-3-5-13(6-4-12)15(16)11-19(17)14-7-9-18-10-8-14/h3-6,14H,2,7-11H2,1H3. The minimum absolute atomic E-state index is 0.0209. The monoisotopic (exact) mass is 280 g/mol. The van der Waals surface area contributed by atoms with Crippen molar-refractivity contribution in [3.8, 4) is 0 Å². The van der Waals surface area contributed by atoms with Gasteiger partial charge in [0, 0.05) is 34.8 Å². The molecule has 1 aromatic rings. The van der Waals surface area contributed by atoms with Crippen LogP contribution in [0.25, 0.3) is 0 Å². The predicted octanol–water partition coefficient (Wildman–Crippen LogP) is 2.36. The maximum Gasteiger partial charge on any atom is 0.175 e. The van der Waals surface area contributed by atoms with Crippen LogP contribution in [0.5, 0.6) is 0 Å². The molecular weight excluding hydrogens is 260 g/mol. The van der Waals surface area contributed by atoms with E-state index >= 15 is 0 Å². The Balaban J connectivity index is 1.93. The zero-order valence-corrected chi connectivity index (χ0v) is 12.1. The zero-order chi connectivity index (χ0) is 13.7. The summed E-state index contributed by atoms with van der Waals surface area (Å²) in [5, 5.41) is 0.118. The maximum atomic E-state index is 12.1. The second-order valence-electron chi connectivity index (χ2n) is 4.81. The van der Waals surface area contributed by atoms with Crippen molar-refractivity contribution in [2.24, 2.45) is 0 Å². The Morgan fingerprint density at radius 2 is 1.89 bits per heavy atom. The summed E-state index contributed by atoms with van der Waals surface area (Å²) in [5.74, 6) is 0.114.